The first-order valence-electron chi connectivity index (χ1n) is 7.20. The minimum absolute atomic E-state index is 0.0795. The molecule has 0 aliphatic heterocycles. The Labute approximate surface area is 128 Å². The predicted molar refractivity (Wildman–Crippen MR) is 81.2 cm³/mol. The standard InChI is InChI=1S/C16H18N4O2/c1-16(2)6-12-11(13(21)7-16)9-19-20(12)14-5-4-10(8-18-14)15(22)17-3/h4-5,8-9H,6-7H2,1-3H3,(H,17,22). The number of hydrogen-bond donors (Lipinski definition) is 1. The van der Waals surface area contributed by atoms with E-state index in [1.807, 2.05) is 0 Å². The van der Waals surface area contributed by atoms with Gasteiger partial charge in [-0.1, -0.05) is 13.8 Å². The molecule has 1 amide bonds. The number of nitrogens with zero attached hydrogens (tertiary/aromatic N) is 3. The first-order valence-corrected chi connectivity index (χ1v) is 7.20. The van der Waals surface area contributed by atoms with Gasteiger partial charge in [-0.2, -0.15) is 5.10 Å². The molecule has 2 aromatic heterocycles. The van der Waals surface area contributed by atoms with E-state index in [-0.39, 0.29) is 17.1 Å². The summed E-state index contributed by atoms with van der Waals surface area (Å²) in [6.45, 7) is 4.15. The van der Waals surface area contributed by atoms with Gasteiger partial charge in [0.05, 0.1) is 23.0 Å². The summed E-state index contributed by atoms with van der Waals surface area (Å²) in [7, 11) is 1.58. The van der Waals surface area contributed by atoms with Crippen LogP contribution in [-0.4, -0.2) is 33.5 Å². The van der Waals surface area contributed by atoms with Gasteiger partial charge >= 0.3 is 0 Å². The van der Waals surface area contributed by atoms with E-state index < -0.39 is 0 Å². The topological polar surface area (TPSA) is 76.9 Å². The Bertz CT molecular complexity index is 744. The molecule has 2 heterocycles. The Morgan fingerprint density at radius 1 is 1.27 bits per heavy atom. The van der Waals surface area contributed by atoms with Crippen LogP contribution in [0.5, 0.6) is 0 Å². The van der Waals surface area contributed by atoms with Crippen LogP contribution in [0.2, 0.25) is 0 Å². The second-order valence-corrected chi connectivity index (χ2v) is 6.34. The van der Waals surface area contributed by atoms with Crippen LogP contribution < -0.4 is 5.32 Å². The summed E-state index contributed by atoms with van der Waals surface area (Å²) < 4.78 is 1.70. The number of carbonyl (C=O) groups excluding carboxylic acids is 2. The summed E-state index contributed by atoms with van der Waals surface area (Å²) in [5.41, 5.74) is 1.98. The van der Waals surface area contributed by atoms with Crippen molar-refractivity contribution in [2.45, 2.75) is 26.7 Å². The summed E-state index contributed by atoms with van der Waals surface area (Å²) in [5, 5.41) is 6.87. The number of fused-ring (bicyclic) bond motifs is 1. The van der Waals surface area contributed by atoms with E-state index in [9.17, 15) is 9.59 Å². The number of Topliss-reactive ketones (excluding diaryl/α,β-unsaturated/α-hetero) is 1. The van der Waals surface area contributed by atoms with Gasteiger partial charge in [0, 0.05) is 19.7 Å². The fourth-order valence-electron chi connectivity index (χ4n) is 2.81. The molecular weight excluding hydrogens is 280 g/mol. The molecule has 0 spiro atoms. The van der Waals surface area contributed by atoms with Crippen molar-refractivity contribution in [1.82, 2.24) is 20.1 Å². The van der Waals surface area contributed by atoms with Crippen molar-refractivity contribution in [2.24, 2.45) is 5.41 Å². The van der Waals surface area contributed by atoms with Crippen molar-refractivity contribution in [3.63, 3.8) is 0 Å². The van der Waals surface area contributed by atoms with E-state index >= 15 is 0 Å². The normalized spacial score (nSPS) is 16.2. The van der Waals surface area contributed by atoms with Gasteiger partial charge in [-0.3, -0.25) is 9.59 Å². The number of rotatable bonds is 2. The van der Waals surface area contributed by atoms with Crippen LogP contribution in [0, 0.1) is 5.41 Å². The SMILES string of the molecule is CNC(=O)c1ccc(-n2ncc3c2CC(C)(C)CC3=O)nc1. The number of nitrogens with one attached hydrogen (secondary N) is 1. The number of amides is 1. The summed E-state index contributed by atoms with van der Waals surface area (Å²) in [6, 6.07) is 3.44. The number of aromatic nitrogens is 3. The van der Waals surface area contributed by atoms with Crippen molar-refractivity contribution < 1.29 is 9.59 Å². The molecule has 0 fully saturated rings. The molecule has 0 saturated carbocycles. The summed E-state index contributed by atoms with van der Waals surface area (Å²) >= 11 is 0. The molecule has 1 N–H and O–H groups in total. The minimum Gasteiger partial charge on any atom is -0.355 e. The van der Waals surface area contributed by atoms with Crippen molar-refractivity contribution in [2.75, 3.05) is 7.05 Å². The van der Waals surface area contributed by atoms with E-state index in [0.717, 1.165) is 12.1 Å². The molecule has 3 rings (SSSR count). The molecule has 0 aromatic carbocycles. The smallest absolute Gasteiger partial charge is 0.252 e. The maximum atomic E-state index is 12.2. The van der Waals surface area contributed by atoms with Gasteiger partial charge in [0.2, 0.25) is 0 Å². The third-order valence-corrected chi connectivity index (χ3v) is 3.91. The Hall–Kier alpha value is -2.50. The molecule has 22 heavy (non-hydrogen) atoms. The Balaban J connectivity index is 2.00. The third kappa shape index (κ3) is 2.41. The minimum atomic E-state index is -0.183. The van der Waals surface area contributed by atoms with E-state index in [2.05, 4.69) is 29.2 Å². The second-order valence-electron chi connectivity index (χ2n) is 6.34. The van der Waals surface area contributed by atoms with Crippen LogP contribution in [-0.2, 0) is 6.42 Å². The molecule has 2 aromatic rings. The number of carbonyl (C=O) groups is 2. The van der Waals surface area contributed by atoms with Gasteiger partial charge < -0.3 is 5.32 Å². The summed E-state index contributed by atoms with van der Waals surface area (Å²) in [6.07, 6.45) is 4.43. The average Bonchev–Trinajstić information content (AvgIpc) is 2.89. The quantitative estimate of drug-likeness (QED) is 0.917. The Morgan fingerprint density at radius 2 is 2.05 bits per heavy atom. The zero-order chi connectivity index (χ0) is 15.9. The monoisotopic (exact) mass is 298 g/mol. The lowest BCUT2D eigenvalue weighted by Gasteiger charge is -2.28. The van der Waals surface area contributed by atoms with Crippen molar-refractivity contribution >= 4 is 11.7 Å². The average molecular weight is 298 g/mol. The molecule has 0 unspecified atom stereocenters. The maximum Gasteiger partial charge on any atom is 0.252 e. The zero-order valence-corrected chi connectivity index (χ0v) is 12.9. The van der Waals surface area contributed by atoms with E-state index in [1.54, 1.807) is 30.1 Å². The molecule has 6 nitrogen and oxygen atoms in total. The molecule has 0 bridgehead atoms. The second kappa shape index (κ2) is 5.05. The fourth-order valence-corrected chi connectivity index (χ4v) is 2.81. The number of pyridine rings is 1. The van der Waals surface area contributed by atoms with E-state index in [0.29, 0.717) is 23.4 Å². The number of hydrogen-bond acceptors (Lipinski definition) is 4. The van der Waals surface area contributed by atoms with E-state index in [1.165, 1.54) is 6.20 Å². The Kier molecular flexibility index (Phi) is 3.31. The highest BCUT2D eigenvalue weighted by Gasteiger charge is 2.34. The molecular formula is C16H18N4O2. The summed E-state index contributed by atoms with van der Waals surface area (Å²) in [5.74, 6) is 0.553. The van der Waals surface area contributed by atoms with Gasteiger partial charge in [0.25, 0.3) is 5.91 Å². The largest absolute Gasteiger partial charge is 0.355 e. The van der Waals surface area contributed by atoms with Crippen LogP contribution in [0.1, 0.15) is 46.7 Å². The lowest BCUT2D eigenvalue weighted by Crippen LogP contribution is -2.28. The van der Waals surface area contributed by atoms with Crippen molar-refractivity contribution in [1.29, 1.82) is 0 Å². The molecule has 0 radical (unpaired) electrons. The fraction of sp³-hybridized carbons (Fsp3) is 0.375. The van der Waals surface area contributed by atoms with Crippen molar-refractivity contribution in [3.8, 4) is 5.82 Å². The van der Waals surface area contributed by atoms with Crippen LogP contribution >= 0.6 is 0 Å². The molecule has 0 atom stereocenters. The van der Waals surface area contributed by atoms with Gasteiger partial charge in [-0.15, -0.1) is 0 Å². The lowest BCUT2D eigenvalue weighted by atomic mass is 9.76. The lowest BCUT2D eigenvalue weighted by molar-refractivity contribution is 0.0909. The highest BCUT2D eigenvalue weighted by Crippen LogP contribution is 2.35. The Morgan fingerprint density at radius 3 is 2.68 bits per heavy atom. The van der Waals surface area contributed by atoms with Gasteiger partial charge in [-0.05, 0) is 24.0 Å². The van der Waals surface area contributed by atoms with Crippen LogP contribution in [0.15, 0.2) is 24.5 Å². The zero-order valence-electron chi connectivity index (χ0n) is 12.9. The maximum absolute atomic E-state index is 12.2. The van der Waals surface area contributed by atoms with Crippen LogP contribution in [0.25, 0.3) is 5.82 Å². The molecule has 114 valence electrons. The molecule has 1 aliphatic rings. The van der Waals surface area contributed by atoms with Crippen molar-refractivity contribution in [3.05, 3.63) is 41.3 Å². The van der Waals surface area contributed by atoms with Crippen LogP contribution in [0.3, 0.4) is 0 Å². The number of ketones is 1. The first kappa shape index (κ1) is 14.4. The first-order chi connectivity index (χ1) is 10.4. The van der Waals surface area contributed by atoms with Gasteiger partial charge in [0.1, 0.15) is 0 Å². The molecule has 0 saturated heterocycles. The predicted octanol–water partition coefficient (Wildman–Crippen LogP) is 1.78. The highest BCUT2D eigenvalue weighted by molar-refractivity contribution is 5.98. The third-order valence-electron chi connectivity index (χ3n) is 3.91. The molecule has 6 heteroatoms. The summed E-state index contributed by atoms with van der Waals surface area (Å²) in [4.78, 5) is 28.1. The molecule has 1 aliphatic carbocycles. The van der Waals surface area contributed by atoms with Crippen LogP contribution in [0.4, 0.5) is 0 Å². The van der Waals surface area contributed by atoms with Gasteiger partial charge in [-0.25, -0.2) is 9.67 Å². The highest BCUT2D eigenvalue weighted by atomic mass is 16.1. The van der Waals surface area contributed by atoms with E-state index in [4.69, 9.17) is 0 Å². The van der Waals surface area contributed by atoms with Gasteiger partial charge in [0.15, 0.2) is 11.6 Å².